The summed E-state index contributed by atoms with van der Waals surface area (Å²) in [7, 11) is 0. The zero-order valence-electron chi connectivity index (χ0n) is 16.3. The molecule has 10 heteroatoms. The lowest BCUT2D eigenvalue weighted by molar-refractivity contribution is -0.147. The van der Waals surface area contributed by atoms with Crippen molar-refractivity contribution < 1.29 is 19.5 Å². The van der Waals surface area contributed by atoms with Crippen LogP contribution in [0.4, 0.5) is 10.5 Å². The molecule has 0 unspecified atom stereocenters. The summed E-state index contributed by atoms with van der Waals surface area (Å²) in [6, 6.07) is 9.02. The summed E-state index contributed by atoms with van der Waals surface area (Å²) in [5.41, 5.74) is 1.19. The van der Waals surface area contributed by atoms with Crippen LogP contribution in [0.25, 0.3) is 0 Å². The molecule has 2 aliphatic heterocycles. The van der Waals surface area contributed by atoms with Crippen LogP contribution >= 0.6 is 23.2 Å². The fourth-order valence-corrected chi connectivity index (χ4v) is 4.24. The van der Waals surface area contributed by atoms with Gasteiger partial charge >= 0.3 is 6.03 Å². The van der Waals surface area contributed by atoms with Gasteiger partial charge in [0.05, 0.1) is 16.8 Å². The van der Waals surface area contributed by atoms with Crippen molar-refractivity contribution in [1.82, 2.24) is 15.5 Å². The van der Waals surface area contributed by atoms with Gasteiger partial charge in [-0.25, -0.2) is 4.79 Å². The molecule has 0 radical (unpaired) electrons. The normalized spacial score (nSPS) is 22.6. The molecule has 2 aromatic rings. The van der Waals surface area contributed by atoms with Crippen molar-refractivity contribution >= 4 is 46.7 Å². The van der Waals surface area contributed by atoms with Crippen molar-refractivity contribution in [2.24, 2.45) is 0 Å². The zero-order chi connectivity index (χ0) is 22.1. The number of piperazine rings is 1. The van der Waals surface area contributed by atoms with E-state index < -0.39 is 18.1 Å². The van der Waals surface area contributed by atoms with Gasteiger partial charge in [0.2, 0.25) is 11.8 Å². The molecule has 0 aliphatic carbocycles. The lowest BCUT2D eigenvalue weighted by Crippen LogP contribution is -2.61. The number of halogens is 2. The van der Waals surface area contributed by atoms with Gasteiger partial charge in [0, 0.05) is 18.0 Å². The number of phenols is 1. The number of aromatic hydroxyl groups is 1. The summed E-state index contributed by atoms with van der Waals surface area (Å²) in [6.07, 6.45) is 0.639. The third-order valence-corrected chi connectivity index (χ3v) is 5.95. The first kappa shape index (κ1) is 21.3. The van der Waals surface area contributed by atoms with Crippen LogP contribution < -0.4 is 16.0 Å². The smallest absolute Gasteiger partial charge is 0.319 e. The van der Waals surface area contributed by atoms with Gasteiger partial charge in [-0.2, -0.15) is 0 Å². The third-order valence-electron chi connectivity index (χ3n) is 5.39. The molecule has 8 nitrogen and oxygen atoms in total. The van der Waals surface area contributed by atoms with Gasteiger partial charge in [0.25, 0.3) is 0 Å². The van der Waals surface area contributed by atoms with Crippen molar-refractivity contribution in [3.8, 4) is 5.75 Å². The van der Waals surface area contributed by atoms with Crippen LogP contribution in [0.3, 0.4) is 0 Å². The lowest BCUT2D eigenvalue weighted by Gasteiger charge is -2.34. The number of amides is 4. The minimum absolute atomic E-state index is 0.133. The molecule has 2 saturated heterocycles. The quantitative estimate of drug-likeness (QED) is 0.559. The number of hydrogen-bond donors (Lipinski definition) is 4. The van der Waals surface area contributed by atoms with Crippen LogP contribution in [0.5, 0.6) is 5.75 Å². The van der Waals surface area contributed by atoms with Crippen LogP contribution in [0.15, 0.2) is 42.5 Å². The third kappa shape index (κ3) is 4.70. The number of benzene rings is 2. The number of phenolic OH excluding ortho intramolecular Hbond substituents is 1. The van der Waals surface area contributed by atoms with Crippen LogP contribution in [-0.4, -0.2) is 52.5 Å². The highest BCUT2D eigenvalue weighted by molar-refractivity contribution is 6.35. The molecule has 2 aliphatic rings. The van der Waals surface area contributed by atoms with E-state index in [-0.39, 0.29) is 30.2 Å². The molecule has 2 fully saturated rings. The van der Waals surface area contributed by atoms with Gasteiger partial charge < -0.3 is 26.0 Å². The predicted molar refractivity (Wildman–Crippen MR) is 116 cm³/mol. The summed E-state index contributed by atoms with van der Waals surface area (Å²) in [4.78, 5) is 39.4. The zero-order valence-corrected chi connectivity index (χ0v) is 17.8. The second kappa shape index (κ2) is 8.64. The number of anilines is 1. The minimum atomic E-state index is -0.689. The topological polar surface area (TPSA) is 111 Å². The van der Waals surface area contributed by atoms with Crippen LogP contribution in [-0.2, 0) is 16.0 Å². The Hall–Kier alpha value is -2.97. The monoisotopic (exact) mass is 462 g/mol. The number of hydrogen-bond acceptors (Lipinski definition) is 4. The number of nitrogens with one attached hydrogen (secondary N) is 3. The molecule has 0 spiro atoms. The second-order valence-electron chi connectivity index (χ2n) is 7.59. The highest BCUT2D eigenvalue weighted by Gasteiger charge is 2.46. The molecule has 162 valence electrons. The fourth-order valence-electron chi connectivity index (χ4n) is 3.91. The first-order valence-electron chi connectivity index (χ1n) is 9.71. The van der Waals surface area contributed by atoms with Crippen molar-refractivity contribution in [2.45, 2.75) is 31.0 Å². The molecule has 2 heterocycles. The average Bonchev–Trinajstić information content (AvgIpc) is 3.15. The Morgan fingerprint density at radius 3 is 2.65 bits per heavy atom. The maximum Gasteiger partial charge on any atom is 0.319 e. The number of rotatable bonds is 4. The Morgan fingerprint density at radius 2 is 1.90 bits per heavy atom. The maximum atomic E-state index is 12.9. The number of carbonyl (C=O) groups is 3. The number of carbonyl (C=O) groups excluding carboxylic acids is 3. The summed E-state index contributed by atoms with van der Waals surface area (Å²) < 4.78 is 0. The van der Waals surface area contributed by atoms with E-state index in [1.165, 1.54) is 23.1 Å². The average molecular weight is 463 g/mol. The van der Waals surface area contributed by atoms with Crippen LogP contribution in [0.1, 0.15) is 12.0 Å². The minimum Gasteiger partial charge on any atom is -0.508 e. The molecule has 3 atom stereocenters. The number of urea groups is 1. The van der Waals surface area contributed by atoms with E-state index in [0.717, 1.165) is 5.56 Å². The molecule has 4 rings (SSSR count). The molecular weight excluding hydrogens is 443 g/mol. The highest BCUT2D eigenvalue weighted by Crippen LogP contribution is 2.27. The van der Waals surface area contributed by atoms with E-state index >= 15 is 0 Å². The molecule has 4 amide bonds. The van der Waals surface area contributed by atoms with E-state index in [0.29, 0.717) is 28.6 Å². The predicted octanol–water partition coefficient (Wildman–Crippen LogP) is 2.53. The maximum absolute atomic E-state index is 12.9. The number of fused-ring (bicyclic) bond motifs is 1. The standard InChI is InChI=1S/C21H20Cl2N4O4/c22-12-3-6-15(23)16(8-12)26-21(31)24-13-9-18-19(29)25-17(20(30)27(18)10-13)7-11-1-4-14(28)5-2-11/h1-6,8,13,17-18,28H,7,9-10H2,(H,25,29)(H2,24,26,31)/t13-,17-,18-/m0/s1. The van der Waals surface area contributed by atoms with Gasteiger partial charge in [-0.05, 0) is 42.3 Å². The molecule has 2 aromatic carbocycles. The first-order valence-corrected chi connectivity index (χ1v) is 10.5. The SMILES string of the molecule is O=C(Nc1cc(Cl)ccc1Cl)N[C@H]1C[C@H]2C(=O)N[C@@H](Cc3ccc(O)cc3)C(=O)N2C1. The Balaban J connectivity index is 1.38. The van der Waals surface area contributed by atoms with Crippen molar-refractivity contribution in [3.63, 3.8) is 0 Å². The molecule has 4 N–H and O–H groups in total. The summed E-state index contributed by atoms with van der Waals surface area (Å²) in [5, 5.41) is 18.4. The lowest BCUT2D eigenvalue weighted by atomic mass is 10.0. The van der Waals surface area contributed by atoms with Gasteiger partial charge in [-0.1, -0.05) is 35.3 Å². The Labute approximate surface area is 188 Å². The van der Waals surface area contributed by atoms with Crippen LogP contribution in [0.2, 0.25) is 10.0 Å². The van der Waals surface area contributed by atoms with E-state index in [1.807, 2.05) is 0 Å². The Bertz CT molecular complexity index is 1030. The van der Waals surface area contributed by atoms with Crippen molar-refractivity contribution in [1.29, 1.82) is 0 Å². The number of nitrogens with zero attached hydrogens (tertiary/aromatic N) is 1. The van der Waals surface area contributed by atoms with Gasteiger partial charge in [-0.15, -0.1) is 0 Å². The summed E-state index contributed by atoms with van der Waals surface area (Å²) in [5.74, 6) is -0.306. The Morgan fingerprint density at radius 1 is 1.16 bits per heavy atom. The molecule has 0 aromatic heterocycles. The molecule has 31 heavy (non-hydrogen) atoms. The van der Waals surface area contributed by atoms with Crippen molar-refractivity contribution in [3.05, 3.63) is 58.1 Å². The second-order valence-corrected chi connectivity index (χ2v) is 8.44. The van der Waals surface area contributed by atoms with E-state index in [2.05, 4.69) is 16.0 Å². The first-order chi connectivity index (χ1) is 14.8. The van der Waals surface area contributed by atoms with E-state index in [9.17, 15) is 19.5 Å². The largest absolute Gasteiger partial charge is 0.508 e. The molecule has 0 bridgehead atoms. The van der Waals surface area contributed by atoms with Gasteiger partial charge in [0.15, 0.2) is 0 Å². The Kier molecular flexibility index (Phi) is 5.93. The fraction of sp³-hybridized carbons (Fsp3) is 0.286. The summed E-state index contributed by atoms with van der Waals surface area (Å²) in [6.45, 7) is 0.236. The summed E-state index contributed by atoms with van der Waals surface area (Å²) >= 11 is 12.0. The van der Waals surface area contributed by atoms with E-state index in [1.54, 1.807) is 24.3 Å². The van der Waals surface area contributed by atoms with Crippen molar-refractivity contribution in [2.75, 3.05) is 11.9 Å². The molecule has 0 saturated carbocycles. The molecular formula is C21H20Cl2N4O4. The van der Waals surface area contributed by atoms with E-state index in [4.69, 9.17) is 23.2 Å². The van der Waals surface area contributed by atoms with Gasteiger partial charge in [0.1, 0.15) is 17.8 Å². The highest BCUT2D eigenvalue weighted by atomic mass is 35.5. The van der Waals surface area contributed by atoms with Gasteiger partial charge in [-0.3, -0.25) is 9.59 Å². The van der Waals surface area contributed by atoms with Crippen LogP contribution in [0, 0.1) is 0 Å².